The number of aliphatic hydroxyl groups is 1. The second kappa shape index (κ2) is 10.3. The molecule has 0 saturated heterocycles. The number of alkyl carbamates (subject to hydrolysis) is 1. The summed E-state index contributed by atoms with van der Waals surface area (Å²) in [6.07, 6.45) is 0.689. The Morgan fingerprint density at radius 3 is 2.24 bits per heavy atom. The first-order valence-corrected chi connectivity index (χ1v) is 11.7. The van der Waals surface area contributed by atoms with Crippen LogP contribution in [-0.4, -0.2) is 53.0 Å². The minimum atomic E-state index is -1.36. The molecule has 8 nitrogen and oxygen atoms in total. The van der Waals surface area contributed by atoms with Gasteiger partial charge < -0.3 is 25.6 Å². The van der Waals surface area contributed by atoms with Crippen molar-refractivity contribution >= 4 is 18.0 Å². The van der Waals surface area contributed by atoms with Crippen LogP contribution in [0.3, 0.4) is 0 Å². The van der Waals surface area contributed by atoms with E-state index < -0.39 is 36.0 Å². The minimum absolute atomic E-state index is 0.0311. The summed E-state index contributed by atoms with van der Waals surface area (Å²) in [5.41, 5.74) is 4.59. The fraction of sp³-hybridized carbons (Fsp3) is 0.423. The van der Waals surface area contributed by atoms with E-state index >= 15 is 0 Å². The highest BCUT2D eigenvalue weighted by atomic mass is 16.5. The van der Waals surface area contributed by atoms with Crippen molar-refractivity contribution in [1.82, 2.24) is 10.6 Å². The number of nitrogens with one attached hydrogen (secondary N) is 2. The van der Waals surface area contributed by atoms with Crippen LogP contribution in [0, 0.1) is 5.92 Å². The molecule has 0 unspecified atom stereocenters. The Hall–Kier alpha value is -3.39. The molecule has 2 aliphatic carbocycles. The first-order chi connectivity index (χ1) is 16.3. The Morgan fingerprint density at radius 2 is 1.65 bits per heavy atom. The molecule has 2 aliphatic rings. The number of aliphatic hydroxyl groups excluding tert-OH is 1. The molecule has 0 radical (unpaired) electrons. The highest BCUT2D eigenvalue weighted by molar-refractivity contribution is 5.85. The molecule has 2 aromatic carbocycles. The van der Waals surface area contributed by atoms with Gasteiger partial charge in [0.05, 0.1) is 6.10 Å². The second-order valence-corrected chi connectivity index (χ2v) is 9.10. The number of aliphatic carboxylic acids is 1. The molecule has 0 aliphatic heterocycles. The lowest BCUT2D eigenvalue weighted by Gasteiger charge is -2.30. The molecular formula is C26H30N2O6. The van der Waals surface area contributed by atoms with Crippen LogP contribution in [0.2, 0.25) is 0 Å². The molecule has 1 saturated carbocycles. The Morgan fingerprint density at radius 1 is 1.03 bits per heavy atom. The van der Waals surface area contributed by atoms with Gasteiger partial charge in [0, 0.05) is 17.9 Å². The van der Waals surface area contributed by atoms with Gasteiger partial charge in [-0.15, -0.1) is 0 Å². The van der Waals surface area contributed by atoms with E-state index in [9.17, 15) is 24.6 Å². The van der Waals surface area contributed by atoms with Crippen LogP contribution < -0.4 is 10.6 Å². The highest BCUT2D eigenvalue weighted by Crippen LogP contribution is 2.44. The maximum Gasteiger partial charge on any atom is 0.407 e. The van der Waals surface area contributed by atoms with Crippen LogP contribution in [0.1, 0.15) is 49.7 Å². The van der Waals surface area contributed by atoms with Crippen molar-refractivity contribution in [2.24, 2.45) is 5.92 Å². The van der Waals surface area contributed by atoms with Crippen LogP contribution >= 0.6 is 0 Å². The number of carboxylic acids is 1. The zero-order chi connectivity index (χ0) is 24.2. The van der Waals surface area contributed by atoms with E-state index in [4.69, 9.17) is 4.74 Å². The molecule has 2 aromatic rings. The predicted molar refractivity (Wildman–Crippen MR) is 125 cm³/mol. The number of carbonyl (C=O) groups is 3. The maximum atomic E-state index is 12.6. The van der Waals surface area contributed by atoms with Crippen molar-refractivity contribution in [1.29, 1.82) is 0 Å². The van der Waals surface area contributed by atoms with Crippen LogP contribution in [0.5, 0.6) is 0 Å². The number of rotatable bonds is 7. The summed E-state index contributed by atoms with van der Waals surface area (Å²) in [5.74, 6) is -2.18. The fourth-order valence-corrected chi connectivity index (χ4v) is 5.03. The molecule has 8 heteroatoms. The Labute approximate surface area is 198 Å². The van der Waals surface area contributed by atoms with Crippen molar-refractivity contribution in [3.05, 3.63) is 59.7 Å². The van der Waals surface area contributed by atoms with E-state index in [1.165, 1.54) is 6.92 Å². The summed E-state index contributed by atoms with van der Waals surface area (Å²) in [7, 11) is 0. The molecule has 0 heterocycles. The third kappa shape index (κ3) is 5.07. The lowest BCUT2D eigenvalue weighted by molar-refractivity contribution is -0.145. The predicted octanol–water partition coefficient (Wildman–Crippen LogP) is 3.03. The van der Waals surface area contributed by atoms with Gasteiger partial charge in [0.1, 0.15) is 6.61 Å². The van der Waals surface area contributed by atoms with E-state index in [-0.39, 0.29) is 18.6 Å². The molecule has 4 rings (SSSR count). The fourth-order valence-electron chi connectivity index (χ4n) is 5.03. The van der Waals surface area contributed by atoms with E-state index in [2.05, 4.69) is 34.9 Å². The van der Waals surface area contributed by atoms with Gasteiger partial charge >= 0.3 is 12.1 Å². The smallest absolute Gasteiger partial charge is 0.407 e. The van der Waals surface area contributed by atoms with E-state index in [0.29, 0.717) is 19.3 Å². The van der Waals surface area contributed by atoms with Crippen molar-refractivity contribution < 1.29 is 29.3 Å². The number of hydrogen-bond donors (Lipinski definition) is 4. The Balaban J connectivity index is 1.32. The topological polar surface area (TPSA) is 125 Å². The van der Waals surface area contributed by atoms with Gasteiger partial charge in [0.15, 0.2) is 6.04 Å². The molecule has 2 amide bonds. The minimum Gasteiger partial charge on any atom is -0.480 e. The normalized spacial score (nSPS) is 21.0. The third-order valence-corrected chi connectivity index (χ3v) is 6.76. The number of benzene rings is 2. The first kappa shape index (κ1) is 23.8. The van der Waals surface area contributed by atoms with Crippen molar-refractivity contribution in [2.75, 3.05) is 6.61 Å². The van der Waals surface area contributed by atoms with Crippen LogP contribution in [0.25, 0.3) is 11.1 Å². The average Bonchev–Trinajstić information content (AvgIpc) is 3.14. The number of amides is 2. The summed E-state index contributed by atoms with van der Waals surface area (Å²) < 4.78 is 5.60. The standard InChI is InChI=1S/C26H30N2O6/c1-15(29)23(25(31)32)28-24(30)16-7-6-8-17(13-16)27-26(33)34-14-22-20-11-4-2-9-18(20)19-10-3-5-12-21(19)22/h2-5,9-12,15-17,22-23,29H,6-8,13-14H2,1H3,(H,27,33)(H,28,30)(H,31,32)/t15-,16-,17-,23+/m1/s1. The number of hydrogen-bond acceptors (Lipinski definition) is 5. The van der Waals surface area contributed by atoms with Gasteiger partial charge in [-0.3, -0.25) is 4.79 Å². The molecule has 0 aromatic heterocycles. The van der Waals surface area contributed by atoms with E-state index in [1.54, 1.807) is 0 Å². The number of ether oxygens (including phenoxy) is 1. The summed E-state index contributed by atoms with van der Waals surface area (Å²) in [5, 5.41) is 24.1. The number of fused-ring (bicyclic) bond motifs is 3. The molecule has 4 N–H and O–H groups in total. The molecule has 4 atom stereocenters. The summed E-state index contributed by atoms with van der Waals surface area (Å²) in [6.45, 7) is 1.53. The number of carboxylic acid groups (broad SMARTS) is 1. The van der Waals surface area contributed by atoms with Crippen molar-refractivity contribution in [3.8, 4) is 11.1 Å². The average molecular weight is 467 g/mol. The van der Waals surface area contributed by atoms with Gasteiger partial charge in [-0.1, -0.05) is 55.0 Å². The first-order valence-electron chi connectivity index (χ1n) is 11.7. The molecule has 180 valence electrons. The third-order valence-electron chi connectivity index (χ3n) is 6.76. The molecule has 0 spiro atoms. The highest BCUT2D eigenvalue weighted by Gasteiger charge is 2.33. The Bertz CT molecular complexity index is 1020. The second-order valence-electron chi connectivity index (χ2n) is 9.10. The van der Waals surface area contributed by atoms with Gasteiger partial charge in [-0.05, 0) is 48.4 Å². The summed E-state index contributed by atoms with van der Waals surface area (Å²) in [6, 6.07) is 14.6. The zero-order valence-electron chi connectivity index (χ0n) is 19.1. The molecule has 0 bridgehead atoms. The van der Waals surface area contributed by atoms with E-state index in [1.807, 2.05) is 24.3 Å². The van der Waals surface area contributed by atoms with Crippen LogP contribution in [0.15, 0.2) is 48.5 Å². The molecule has 34 heavy (non-hydrogen) atoms. The largest absolute Gasteiger partial charge is 0.480 e. The van der Waals surface area contributed by atoms with Crippen molar-refractivity contribution in [3.63, 3.8) is 0 Å². The maximum absolute atomic E-state index is 12.6. The molecule has 1 fully saturated rings. The van der Waals surface area contributed by atoms with Gasteiger partial charge in [-0.2, -0.15) is 0 Å². The van der Waals surface area contributed by atoms with Gasteiger partial charge in [0.25, 0.3) is 0 Å². The lowest BCUT2D eigenvalue weighted by atomic mass is 9.85. The summed E-state index contributed by atoms with van der Waals surface area (Å²) >= 11 is 0. The van der Waals surface area contributed by atoms with Crippen LogP contribution in [0.4, 0.5) is 4.79 Å². The van der Waals surface area contributed by atoms with E-state index in [0.717, 1.165) is 28.7 Å². The van der Waals surface area contributed by atoms with Crippen LogP contribution in [-0.2, 0) is 14.3 Å². The Kier molecular flexibility index (Phi) is 7.17. The SMILES string of the molecule is C[C@@H](O)[C@H](NC(=O)[C@@H]1CCC[C@@H](NC(=O)OCC2c3ccccc3-c3ccccc32)C1)C(=O)O. The lowest BCUT2D eigenvalue weighted by Crippen LogP contribution is -2.51. The number of carbonyl (C=O) groups excluding carboxylic acids is 2. The monoisotopic (exact) mass is 466 g/mol. The zero-order valence-corrected chi connectivity index (χ0v) is 19.1. The van der Waals surface area contributed by atoms with Gasteiger partial charge in [-0.25, -0.2) is 9.59 Å². The quantitative estimate of drug-likeness (QED) is 0.497. The summed E-state index contributed by atoms with van der Waals surface area (Å²) in [4.78, 5) is 36.4. The van der Waals surface area contributed by atoms with Gasteiger partial charge in [0.2, 0.25) is 5.91 Å². The van der Waals surface area contributed by atoms with Crippen molar-refractivity contribution in [2.45, 2.75) is 56.7 Å². The molecular weight excluding hydrogens is 436 g/mol.